The average Bonchev–Trinajstić information content (AvgIpc) is 2.81. The molecule has 0 aromatic heterocycles. The van der Waals surface area contributed by atoms with Crippen LogP contribution in [0, 0.1) is 0 Å². The Bertz CT molecular complexity index is 1260. The Hall–Kier alpha value is -3.48. The maximum absolute atomic E-state index is 13.7. The molecule has 0 atom stereocenters. The maximum Gasteiger partial charge on any atom is 0.197 e. The summed E-state index contributed by atoms with van der Waals surface area (Å²) in [5, 5.41) is 0. The van der Waals surface area contributed by atoms with Crippen LogP contribution >= 0.6 is 23.5 Å². The smallest absolute Gasteiger partial charge is 0.197 e. The molecule has 0 spiro atoms. The molecular formula is C26H18N2O2S2. The number of ketones is 2. The molecule has 5 rings (SSSR count). The van der Waals surface area contributed by atoms with E-state index in [0.717, 1.165) is 9.79 Å². The lowest BCUT2D eigenvalue weighted by Crippen LogP contribution is -2.25. The second kappa shape index (κ2) is 8.22. The fraction of sp³-hybridized carbons (Fsp3) is 0. The minimum absolute atomic E-state index is 0.254. The van der Waals surface area contributed by atoms with Gasteiger partial charge in [0.05, 0.1) is 11.1 Å². The van der Waals surface area contributed by atoms with Gasteiger partial charge < -0.3 is 11.5 Å². The van der Waals surface area contributed by atoms with E-state index in [2.05, 4.69) is 0 Å². The van der Waals surface area contributed by atoms with Crippen LogP contribution in [0.15, 0.2) is 105 Å². The third kappa shape index (κ3) is 3.47. The molecule has 4 N–H and O–H groups in total. The van der Waals surface area contributed by atoms with Crippen LogP contribution in [0.2, 0.25) is 0 Å². The van der Waals surface area contributed by atoms with Crippen LogP contribution in [0.1, 0.15) is 31.8 Å². The highest BCUT2D eigenvalue weighted by Crippen LogP contribution is 2.44. The number of carbonyl (C=O) groups is 2. The molecule has 1 aliphatic carbocycles. The number of hydrogen-bond donors (Lipinski definition) is 2. The van der Waals surface area contributed by atoms with Gasteiger partial charge >= 0.3 is 0 Å². The summed E-state index contributed by atoms with van der Waals surface area (Å²) in [6.45, 7) is 0. The van der Waals surface area contributed by atoms with Crippen LogP contribution in [0.25, 0.3) is 0 Å². The Morgan fingerprint density at radius 2 is 0.844 bits per heavy atom. The van der Waals surface area contributed by atoms with Gasteiger partial charge in [-0.05, 0) is 48.5 Å². The number of nitrogen functional groups attached to an aromatic ring is 2. The van der Waals surface area contributed by atoms with Crippen molar-refractivity contribution in [2.24, 2.45) is 0 Å². The van der Waals surface area contributed by atoms with E-state index in [4.69, 9.17) is 11.5 Å². The molecule has 0 bridgehead atoms. The zero-order chi connectivity index (χ0) is 22.2. The van der Waals surface area contributed by atoms with Gasteiger partial charge in [0.1, 0.15) is 0 Å². The summed E-state index contributed by atoms with van der Waals surface area (Å²) < 4.78 is 0. The Kier molecular flexibility index (Phi) is 5.25. The summed E-state index contributed by atoms with van der Waals surface area (Å²) >= 11 is 2.86. The van der Waals surface area contributed by atoms with Crippen LogP contribution in [0.4, 0.5) is 11.4 Å². The second-order valence-corrected chi connectivity index (χ2v) is 9.53. The average molecular weight is 455 g/mol. The summed E-state index contributed by atoms with van der Waals surface area (Å²) in [5.41, 5.74) is 14.2. The van der Waals surface area contributed by atoms with E-state index >= 15 is 0 Å². The van der Waals surface area contributed by atoms with E-state index in [0.29, 0.717) is 32.3 Å². The van der Waals surface area contributed by atoms with E-state index in [9.17, 15) is 9.59 Å². The summed E-state index contributed by atoms with van der Waals surface area (Å²) in [7, 11) is 0. The molecule has 0 aliphatic heterocycles. The molecule has 0 saturated carbocycles. The predicted molar refractivity (Wildman–Crippen MR) is 130 cm³/mol. The topological polar surface area (TPSA) is 86.2 Å². The van der Waals surface area contributed by atoms with Gasteiger partial charge in [-0.2, -0.15) is 0 Å². The molecule has 1 aliphatic rings. The normalized spacial score (nSPS) is 12.4. The molecule has 156 valence electrons. The molecule has 0 saturated heterocycles. The van der Waals surface area contributed by atoms with Crippen molar-refractivity contribution < 1.29 is 9.59 Å². The quantitative estimate of drug-likeness (QED) is 0.327. The molecule has 4 aromatic rings. The minimum Gasteiger partial charge on any atom is -0.398 e. The van der Waals surface area contributed by atoms with E-state index in [1.807, 2.05) is 60.7 Å². The third-order valence-electron chi connectivity index (χ3n) is 5.25. The Morgan fingerprint density at radius 1 is 0.469 bits per heavy atom. The SMILES string of the molecule is Nc1ccc(Sc2ccccc2)c2c1C(=O)c1c(Sc3ccccc3)ccc(N)c1C2=O. The largest absolute Gasteiger partial charge is 0.398 e. The fourth-order valence-electron chi connectivity index (χ4n) is 3.79. The highest BCUT2D eigenvalue weighted by Gasteiger charge is 2.37. The Labute approximate surface area is 194 Å². The number of rotatable bonds is 4. The van der Waals surface area contributed by atoms with E-state index in [1.165, 1.54) is 23.5 Å². The highest BCUT2D eigenvalue weighted by molar-refractivity contribution is 7.99. The Balaban J connectivity index is 1.67. The van der Waals surface area contributed by atoms with Gasteiger partial charge in [0.15, 0.2) is 11.6 Å². The van der Waals surface area contributed by atoms with Gasteiger partial charge in [0, 0.05) is 42.1 Å². The molecule has 4 nitrogen and oxygen atoms in total. The molecule has 4 aromatic carbocycles. The number of carbonyl (C=O) groups excluding carboxylic acids is 2. The van der Waals surface area contributed by atoms with Gasteiger partial charge in [0.25, 0.3) is 0 Å². The second-order valence-electron chi connectivity index (χ2n) is 7.29. The predicted octanol–water partition coefficient (Wildman–Crippen LogP) is 5.93. The van der Waals surface area contributed by atoms with Crippen LogP contribution in [-0.2, 0) is 0 Å². The fourth-order valence-corrected chi connectivity index (χ4v) is 5.75. The van der Waals surface area contributed by atoms with Crippen molar-refractivity contribution in [1.29, 1.82) is 0 Å². The van der Waals surface area contributed by atoms with Crippen molar-refractivity contribution >= 4 is 46.5 Å². The summed E-state index contributed by atoms with van der Waals surface area (Å²) in [4.78, 5) is 30.8. The lowest BCUT2D eigenvalue weighted by molar-refractivity contribution is 0.0976. The zero-order valence-corrected chi connectivity index (χ0v) is 18.5. The molecule has 32 heavy (non-hydrogen) atoms. The Morgan fingerprint density at radius 3 is 1.22 bits per heavy atom. The first-order chi connectivity index (χ1) is 15.5. The third-order valence-corrected chi connectivity index (χ3v) is 7.38. The first-order valence-corrected chi connectivity index (χ1v) is 11.6. The van der Waals surface area contributed by atoms with Crippen LogP contribution < -0.4 is 11.5 Å². The molecule has 0 radical (unpaired) electrons. The van der Waals surface area contributed by atoms with Crippen molar-refractivity contribution in [3.05, 3.63) is 107 Å². The van der Waals surface area contributed by atoms with E-state index in [-0.39, 0.29) is 22.7 Å². The summed E-state index contributed by atoms with van der Waals surface area (Å²) in [5.74, 6) is -0.540. The van der Waals surface area contributed by atoms with E-state index < -0.39 is 0 Å². The minimum atomic E-state index is -0.270. The van der Waals surface area contributed by atoms with Crippen molar-refractivity contribution in [2.45, 2.75) is 19.6 Å². The van der Waals surface area contributed by atoms with Gasteiger partial charge in [-0.25, -0.2) is 0 Å². The summed E-state index contributed by atoms with van der Waals surface area (Å²) in [6.07, 6.45) is 0. The van der Waals surface area contributed by atoms with Crippen LogP contribution in [-0.4, -0.2) is 11.6 Å². The number of hydrogen-bond acceptors (Lipinski definition) is 6. The lowest BCUT2D eigenvalue weighted by Gasteiger charge is -2.24. The first-order valence-electron chi connectivity index (χ1n) is 9.94. The molecular weight excluding hydrogens is 436 g/mol. The summed E-state index contributed by atoms with van der Waals surface area (Å²) in [6, 6.07) is 26.4. The number of fused-ring (bicyclic) bond motifs is 2. The molecule has 0 heterocycles. The van der Waals surface area contributed by atoms with Crippen molar-refractivity contribution in [2.75, 3.05) is 11.5 Å². The number of nitrogens with two attached hydrogens (primary N) is 2. The molecule has 6 heteroatoms. The van der Waals surface area contributed by atoms with Crippen molar-refractivity contribution in [1.82, 2.24) is 0 Å². The molecule has 0 unspecified atom stereocenters. The van der Waals surface area contributed by atoms with Crippen molar-refractivity contribution in [3.8, 4) is 0 Å². The first kappa shape index (κ1) is 20.4. The van der Waals surface area contributed by atoms with Gasteiger partial charge in [0.2, 0.25) is 0 Å². The maximum atomic E-state index is 13.7. The van der Waals surface area contributed by atoms with Gasteiger partial charge in [-0.1, -0.05) is 59.9 Å². The highest BCUT2D eigenvalue weighted by atomic mass is 32.2. The number of benzene rings is 4. The zero-order valence-electron chi connectivity index (χ0n) is 16.9. The number of anilines is 2. The monoisotopic (exact) mass is 454 g/mol. The van der Waals surface area contributed by atoms with Crippen molar-refractivity contribution in [3.63, 3.8) is 0 Å². The lowest BCUT2D eigenvalue weighted by atomic mass is 9.82. The van der Waals surface area contributed by atoms with Crippen LogP contribution in [0.3, 0.4) is 0 Å². The molecule has 0 fully saturated rings. The van der Waals surface area contributed by atoms with Gasteiger partial charge in [-0.15, -0.1) is 0 Å². The van der Waals surface area contributed by atoms with Gasteiger partial charge in [-0.3, -0.25) is 9.59 Å². The van der Waals surface area contributed by atoms with E-state index in [1.54, 1.807) is 24.3 Å². The standard InChI is InChI=1S/C26H18N2O2S2/c27-17-11-13-19(31-15-7-3-1-4-8-15)23-21(17)26(30)24-20(32-16-9-5-2-6-10-16)14-12-18(28)22(24)25(23)29/h1-14H,27-28H2. The van der Waals surface area contributed by atoms with Crippen LogP contribution in [0.5, 0.6) is 0 Å². The molecule has 0 amide bonds.